The van der Waals surface area contributed by atoms with Crippen LogP contribution in [0.25, 0.3) is 10.8 Å². The standard InChI is InChI=1S/C18H16FN3O2/c1-23-17-8-11-4-6-20-18(13(11)9-21-17)22-10-14-12-5-7-24-16(12)3-2-15(14)19/h2-4,6,8-9H,5,7,10H2,1H3,(H,20,22). The number of nitrogens with one attached hydrogen (secondary N) is 1. The number of anilines is 1. The van der Waals surface area contributed by atoms with E-state index in [4.69, 9.17) is 9.47 Å². The SMILES string of the molecule is COc1cc2ccnc(NCc3c(F)ccc4c3CCO4)c2cn1. The van der Waals surface area contributed by atoms with Crippen LogP contribution in [0.3, 0.4) is 0 Å². The minimum absolute atomic E-state index is 0.230. The summed E-state index contributed by atoms with van der Waals surface area (Å²) in [6.45, 7) is 0.943. The van der Waals surface area contributed by atoms with Crippen molar-refractivity contribution in [3.8, 4) is 11.6 Å². The molecule has 3 aromatic rings. The van der Waals surface area contributed by atoms with E-state index >= 15 is 0 Å². The highest BCUT2D eigenvalue weighted by Crippen LogP contribution is 2.31. The third-order valence-electron chi connectivity index (χ3n) is 4.21. The number of rotatable bonds is 4. The number of fused-ring (bicyclic) bond motifs is 2. The maximum atomic E-state index is 14.2. The molecule has 1 aliphatic heterocycles. The van der Waals surface area contributed by atoms with Crippen LogP contribution in [0.15, 0.2) is 36.7 Å². The van der Waals surface area contributed by atoms with Crippen LogP contribution in [-0.2, 0) is 13.0 Å². The summed E-state index contributed by atoms with van der Waals surface area (Å²) in [5.74, 6) is 1.75. The molecule has 1 aromatic carbocycles. The fourth-order valence-corrected chi connectivity index (χ4v) is 2.98. The van der Waals surface area contributed by atoms with Gasteiger partial charge in [0.15, 0.2) is 0 Å². The van der Waals surface area contributed by atoms with E-state index < -0.39 is 0 Å². The van der Waals surface area contributed by atoms with Crippen molar-refractivity contribution in [3.05, 3.63) is 53.6 Å². The number of aromatic nitrogens is 2. The summed E-state index contributed by atoms with van der Waals surface area (Å²) in [5.41, 5.74) is 1.56. The van der Waals surface area contributed by atoms with E-state index in [0.717, 1.165) is 28.5 Å². The van der Waals surface area contributed by atoms with Crippen molar-refractivity contribution < 1.29 is 13.9 Å². The molecule has 0 atom stereocenters. The maximum absolute atomic E-state index is 14.2. The van der Waals surface area contributed by atoms with Gasteiger partial charge in [0.25, 0.3) is 0 Å². The van der Waals surface area contributed by atoms with Crippen LogP contribution in [0.2, 0.25) is 0 Å². The van der Waals surface area contributed by atoms with Crippen LogP contribution in [0.1, 0.15) is 11.1 Å². The van der Waals surface area contributed by atoms with E-state index in [0.29, 0.717) is 30.4 Å². The van der Waals surface area contributed by atoms with Crippen molar-refractivity contribution in [2.45, 2.75) is 13.0 Å². The predicted octanol–water partition coefficient (Wildman–Crippen LogP) is 3.32. The Balaban J connectivity index is 1.65. The lowest BCUT2D eigenvalue weighted by atomic mass is 10.0. The molecule has 0 fully saturated rings. The number of methoxy groups -OCH3 is 1. The Morgan fingerprint density at radius 3 is 3.08 bits per heavy atom. The minimum atomic E-state index is -0.230. The van der Waals surface area contributed by atoms with Crippen LogP contribution in [0.4, 0.5) is 10.2 Å². The van der Waals surface area contributed by atoms with Crippen LogP contribution in [0.5, 0.6) is 11.6 Å². The number of nitrogens with zero attached hydrogens (tertiary/aromatic N) is 2. The fourth-order valence-electron chi connectivity index (χ4n) is 2.98. The molecule has 24 heavy (non-hydrogen) atoms. The molecule has 1 aliphatic rings. The van der Waals surface area contributed by atoms with Crippen LogP contribution in [0, 0.1) is 5.82 Å². The van der Waals surface area contributed by atoms with Gasteiger partial charge in [0.1, 0.15) is 17.4 Å². The number of hydrogen-bond donors (Lipinski definition) is 1. The highest BCUT2D eigenvalue weighted by atomic mass is 19.1. The van der Waals surface area contributed by atoms with E-state index in [9.17, 15) is 4.39 Å². The number of hydrogen-bond acceptors (Lipinski definition) is 5. The molecule has 3 heterocycles. The zero-order valence-corrected chi connectivity index (χ0v) is 13.2. The van der Waals surface area contributed by atoms with Crippen molar-refractivity contribution in [1.82, 2.24) is 9.97 Å². The van der Waals surface area contributed by atoms with Gasteiger partial charge in [-0.15, -0.1) is 0 Å². The Bertz CT molecular complexity index is 914. The van der Waals surface area contributed by atoms with E-state index in [1.807, 2.05) is 12.1 Å². The summed E-state index contributed by atoms with van der Waals surface area (Å²) < 4.78 is 24.9. The lowest BCUT2D eigenvalue weighted by molar-refractivity contribution is 0.356. The smallest absolute Gasteiger partial charge is 0.213 e. The molecule has 0 radical (unpaired) electrons. The Hall–Kier alpha value is -2.89. The zero-order valence-electron chi connectivity index (χ0n) is 13.2. The molecule has 5 nitrogen and oxygen atoms in total. The molecule has 122 valence electrons. The number of benzene rings is 1. The average molecular weight is 325 g/mol. The van der Waals surface area contributed by atoms with E-state index in [2.05, 4.69) is 15.3 Å². The normalized spacial score (nSPS) is 12.8. The van der Waals surface area contributed by atoms with E-state index in [1.165, 1.54) is 6.07 Å². The highest BCUT2D eigenvalue weighted by Gasteiger charge is 2.19. The summed E-state index contributed by atoms with van der Waals surface area (Å²) in [6.07, 6.45) is 4.14. The third-order valence-corrected chi connectivity index (χ3v) is 4.21. The number of pyridine rings is 2. The molecule has 0 amide bonds. The van der Waals surface area contributed by atoms with Crippen molar-refractivity contribution in [2.24, 2.45) is 0 Å². The molecule has 2 aromatic heterocycles. The molecule has 1 N–H and O–H groups in total. The number of halogens is 1. The molecule has 0 aliphatic carbocycles. The van der Waals surface area contributed by atoms with Gasteiger partial charge in [-0.05, 0) is 23.6 Å². The molecule has 0 unspecified atom stereocenters. The minimum Gasteiger partial charge on any atom is -0.493 e. The number of ether oxygens (including phenoxy) is 2. The van der Waals surface area contributed by atoms with Crippen molar-refractivity contribution >= 4 is 16.6 Å². The Kier molecular flexibility index (Phi) is 3.65. The fraction of sp³-hybridized carbons (Fsp3) is 0.222. The second-order valence-corrected chi connectivity index (χ2v) is 5.56. The highest BCUT2D eigenvalue weighted by molar-refractivity contribution is 5.91. The van der Waals surface area contributed by atoms with Crippen molar-refractivity contribution in [1.29, 1.82) is 0 Å². The van der Waals surface area contributed by atoms with Crippen LogP contribution >= 0.6 is 0 Å². The van der Waals surface area contributed by atoms with E-state index in [1.54, 1.807) is 25.6 Å². The van der Waals surface area contributed by atoms with Gasteiger partial charge in [0.05, 0.1) is 13.7 Å². The molecule has 4 rings (SSSR count). The van der Waals surface area contributed by atoms with Crippen LogP contribution < -0.4 is 14.8 Å². The first kappa shape index (κ1) is 14.7. The summed E-state index contributed by atoms with van der Waals surface area (Å²) in [5, 5.41) is 5.05. The zero-order chi connectivity index (χ0) is 16.5. The summed E-state index contributed by atoms with van der Waals surface area (Å²) in [6, 6.07) is 6.87. The topological polar surface area (TPSA) is 56.3 Å². The Morgan fingerprint density at radius 1 is 1.29 bits per heavy atom. The monoisotopic (exact) mass is 325 g/mol. The van der Waals surface area contributed by atoms with Gasteiger partial charge < -0.3 is 14.8 Å². The summed E-state index contributed by atoms with van der Waals surface area (Å²) in [4.78, 5) is 8.58. The predicted molar refractivity (Wildman–Crippen MR) is 89.0 cm³/mol. The first-order valence-electron chi connectivity index (χ1n) is 7.72. The van der Waals surface area contributed by atoms with Gasteiger partial charge in [-0.2, -0.15) is 0 Å². The lowest BCUT2D eigenvalue weighted by Gasteiger charge is -2.12. The van der Waals surface area contributed by atoms with Crippen LogP contribution in [-0.4, -0.2) is 23.7 Å². The van der Waals surface area contributed by atoms with Gasteiger partial charge >= 0.3 is 0 Å². The van der Waals surface area contributed by atoms with Crippen molar-refractivity contribution in [2.75, 3.05) is 19.0 Å². The molecule has 6 heteroatoms. The summed E-state index contributed by atoms with van der Waals surface area (Å²) in [7, 11) is 1.58. The Morgan fingerprint density at radius 2 is 2.21 bits per heavy atom. The largest absolute Gasteiger partial charge is 0.493 e. The lowest BCUT2D eigenvalue weighted by Crippen LogP contribution is -2.06. The Labute approximate surface area is 138 Å². The molecule has 0 saturated carbocycles. The van der Waals surface area contributed by atoms with E-state index in [-0.39, 0.29) is 5.82 Å². The second kappa shape index (κ2) is 5.96. The average Bonchev–Trinajstić information content (AvgIpc) is 3.09. The third kappa shape index (κ3) is 2.50. The molecular formula is C18H16FN3O2. The molecule has 0 saturated heterocycles. The summed E-state index contributed by atoms with van der Waals surface area (Å²) >= 11 is 0. The second-order valence-electron chi connectivity index (χ2n) is 5.56. The van der Waals surface area contributed by atoms with Gasteiger partial charge in [-0.25, -0.2) is 14.4 Å². The van der Waals surface area contributed by atoms with Gasteiger partial charge in [0, 0.05) is 47.9 Å². The molecular weight excluding hydrogens is 309 g/mol. The first-order valence-corrected chi connectivity index (χ1v) is 7.72. The van der Waals surface area contributed by atoms with Gasteiger partial charge in [0.2, 0.25) is 5.88 Å². The molecule has 0 spiro atoms. The van der Waals surface area contributed by atoms with Gasteiger partial charge in [-0.3, -0.25) is 0 Å². The quantitative estimate of drug-likeness (QED) is 0.797. The van der Waals surface area contributed by atoms with Crippen molar-refractivity contribution in [3.63, 3.8) is 0 Å². The molecule has 0 bridgehead atoms. The maximum Gasteiger partial charge on any atom is 0.213 e. The van der Waals surface area contributed by atoms with Gasteiger partial charge in [-0.1, -0.05) is 0 Å². The first-order chi connectivity index (χ1) is 11.8.